The first kappa shape index (κ1) is 12.1. The van der Waals surface area contributed by atoms with Crippen LogP contribution >= 0.6 is 23.2 Å². The van der Waals surface area contributed by atoms with Crippen LogP contribution in [0.25, 0.3) is 0 Å². The first-order chi connectivity index (χ1) is 8.15. The lowest BCUT2D eigenvalue weighted by molar-refractivity contribution is 0.860. The predicted molar refractivity (Wildman–Crippen MR) is 70.5 cm³/mol. The van der Waals surface area contributed by atoms with Crippen LogP contribution in [0.3, 0.4) is 0 Å². The van der Waals surface area contributed by atoms with E-state index in [4.69, 9.17) is 23.2 Å². The van der Waals surface area contributed by atoms with Crippen LogP contribution in [0.4, 0.5) is 5.95 Å². The van der Waals surface area contributed by atoms with Crippen LogP contribution in [0.2, 0.25) is 10.2 Å². The Morgan fingerprint density at radius 3 is 2.47 bits per heavy atom. The molecule has 0 bridgehead atoms. The lowest BCUT2D eigenvalue weighted by Gasteiger charge is -2.14. The molecule has 0 aliphatic rings. The van der Waals surface area contributed by atoms with Gasteiger partial charge in [-0.05, 0) is 30.7 Å². The van der Waals surface area contributed by atoms with Crippen molar-refractivity contribution in [3.05, 3.63) is 52.3 Å². The van der Waals surface area contributed by atoms with Gasteiger partial charge >= 0.3 is 0 Å². The van der Waals surface area contributed by atoms with Crippen molar-refractivity contribution in [2.24, 2.45) is 0 Å². The normalized spacial score (nSPS) is 12.2. The Kier molecular flexibility index (Phi) is 3.82. The first-order valence-electron chi connectivity index (χ1n) is 5.16. The molecule has 1 atom stereocenters. The van der Waals surface area contributed by atoms with Gasteiger partial charge in [0.15, 0.2) is 0 Å². The average molecular weight is 268 g/mol. The lowest BCUT2D eigenvalue weighted by atomic mass is 10.1. The van der Waals surface area contributed by atoms with Crippen LogP contribution in [0.15, 0.2) is 36.5 Å². The van der Waals surface area contributed by atoms with Gasteiger partial charge in [-0.15, -0.1) is 0 Å². The minimum absolute atomic E-state index is 0.0886. The standard InChI is InChI=1S/C12H11Cl2N3/c1-8(9-2-4-10(13)5-3-9)16-12-15-7-6-11(14)17-12/h2-8H,1H3,(H,15,16,17). The van der Waals surface area contributed by atoms with Gasteiger partial charge in [0.05, 0.1) is 6.04 Å². The number of nitrogens with one attached hydrogen (secondary N) is 1. The zero-order valence-electron chi connectivity index (χ0n) is 9.19. The van der Waals surface area contributed by atoms with E-state index in [-0.39, 0.29) is 6.04 Å². The monoisotopic (exact) mass is 267 g/mol. The molecule has 0 amide bonds. The molecule has 0 aliphatic carbocycles. The summed E-state index contributed by atoms with van der Waals surface area (Å²) in [6.45, 7) is 2.02. The zero-order chi connectivity index (χ0) is 12.3. The van der Waals surface area contributed by atoms with Gasteiger partial charge in [-0.3, -0.25) is 0 Å². The van der Waals surface area contributed by atoms with E-state index >= 15 is 0 Å². The third kappa shape index (κ3) is 3.32. The van der Waals surface area contributed by atoms with Gasteiger partial charge in [-0.25, -0.2) is 9.97 Å². The molecule has 2 aromatic rings. The highest BCUT2D eigenvalue weighted by molar-refractivity contribution is 6.30. The fourth-order valence-corrected chi connectivity index (χ4v) is 1.70. The van der Waals surface area contributed by atoms with Crippen molar-refractivity contribution in [2.75, 3.05) is 5.32 Å². The van der Waals surface area contributed by atoms with Crippen molar-refractivity contribution in [1.29, 1.82) is 0 Å². The molecule has 5 heteroatoms. The third-order valence-corrected chi connectivity index (χ3v) is 2.80. The summed E-state index contributed by atoms with van der Waals surface area (Å²) in [6, 6.07) is 9.36. The first-order valence-corrected chi connectivity index (χ1v) is 5.91. The number of aromatic nitrogens is 2. The van der Waals surface area contributed by atoms with E-state index < -0.39 is 0 Å². The fraction of sp³-hybridized carbons (Fsp3) is 0.167. The highest BCUT2D eigenvalue weighted by atomic mass is 35.5. The van der Waals surface area contributed by atoms with Crippen molar-refractivity contribution in [2.45, 2.75) is 13.0 Å². The van der Waals surface area contributed by atoms with Crippen LogP contribution in [0, 0.1) is 0 Å². The Morgan fingerprint density at radius 2 is 1.82 bits per heavy atom. The smallest absolute Gasteiger partial charge is 0.224 e. The molecule has 0 spiro atoms. The van der Waals surface area contributed by atoms with Crippen LogP contribution in [-0.2, 0) is 0 Å². The maximum Gasteiger partial charge on any atom is 0.224 e. The minimum Gasteiger partial charge on any atom is -0.348 e. The van der Waals surface area contributed by atoms with Crippen LogP contribution < -0.4 is 5.32 Å². The SMILES string of the molecule is CC(Nc1nccc(Cl)n1)c1ccc(Cl)cc1. The maximum atomic E-state index is 5.83. The van der Waals surface area contributed by atoms with Crippen molar-refractivity contribution >= 4 is 29.2 Å². The Morgan fingerprint density at radius 1 is 1.12 bits per heavy atom. The number of anilines is 1. The Labute approximate surface area is 110 Å². The van der Waals surface area contributed by atoms with Crippen molar-refractivity contribution in [3.8, 4) is 0 Å². The number of rotatable bonds is 3. The van der Waals surface area contributed by atoms with E-state index in [9.17, 15) is 0 Å². The van der Waals surface area contributed by atoms with E-state index in [1.54, 1.807) is 12.3 Å². The fourth-order valence-electron chi connectivity index (χ4n) is 1.43. The average Bonchev–Trinajstić information content (AvgIpc) is 2.29. The summed E-state index contributed by atoms with van der Waals surface area (Å²) in [6.07, 6.45) is 1.62. The molecule has 0 radical (unpaired) electrons. The van der Waals surface area contributed by atoms with Crippen LogP contribution in [0.5, 0.6) is 0 Å². The highest BCUT2D eigenvalue weighted by Gasteiger charge is 2.06. The second kappa shape index (κ2) is 5.34. The van der Waals surface area contributed by atoms with Gasteiger partial charge in [0.2, 0.25) is 5.95 Å². The lowest BCUT2D eigenvalue weighted by Crippen LogP contribution is -2.09. The largest absolute Gasteiger partial charge is 0.348 e. The van der Waals surface area contributed by atoms with Gasteiger partial charge in [0.25, 0.3) is 0 Å². The second-order valence-corrected chi connectivity index (χ2v) is 4.44. The van der Waals surface area contributed by atoms with Gasteiger partial charge in [0, 0.05) is 11.2 Å². The zero-order valence-corrected chi connectivity index (χ0v) is 10.7. The quantitative estimate of drug-likeness (QED) is 0.856. The second-order valence-electron chi connectivity index (χ2n) is 3.62. The van der Waals surface area contributed by atoms with E-state index in [1.807, 2.05) is 31.2 Å². The van der Waals surface area contributed by atoms with Gasteiger partial charge in [0.1, 0.15) is 5.15 Å². The number of benzene rings is 1. The van der Waals surface area contributed by atoms with Crippen molar-refractivity contribution < 1.29 is 0 Å². The van der Waals surface area contributed by atoms with E-state index in [2.05, 4.69) is 15.3 Å². The summed E-state index contributed by atoms with van der Waals surface area (Å²) in [5.41, 5.74) is 1.11. The van der Waals surface area contributed by atoms with E-state index in [1.165, 1.54) is 0 Å². The number of hydrogen-bond acceptors (Lipinski definition) is 3. The molecule has 0 fully saturated rings. The molecule has 3 nitrogen and oxygen atoms in total. The molecular formula is C12H11Cl2N3. The van der Waals surface area contributed by atoms with E-state index in [0.717, 1.165) is 10.6 Å². The molecule has 0 saturated carbocycles. The van der Waals surface area contributed by atoms with Crippen LogP contribution in [-0.4, -0.2) is 9.97 Å². The molecule has 2 rings (SSSR count). The Hall–Kier alpha value is -1.32. The molecule has 1 aromatic heterocycles. The number of hydrogen-bond donors (Lipinski definition) is 1. The molecule has 0 aliphatic heterocycles. The summed E-state index contributed by atoms with van der Waals surface area (Å²) in [4.78, 5) is 8.16. The van der Waals surface area contributed by atoms with Crippen molar-refractivity contribution in [1.82, 2.24) is 9.97 Å². The highest BCUT2D eigenvalue weighted by Crippen LogP contribution is 2.19. The van der Waals surface area contributed by atoms with Gasteiger partial charge in [-0.1, -0.05) is 35.3 Å². The molecule has 1 heterocycles. The summed E-state index contributed by atoms with van der Waals surface area (Å²) in [5.74, 6) is 0.514. The third-order valence-electron chi connectivity index (χ3n) is 2.34. The molecule has 1 aromatic carbocycles. The van der Waals surface area contributed by atoms with Gasteiger partial charge in [-0.2, -0.15) is 0 Å². The summed E-state index contributed by atoms with van der Waals surface area (Å²) >= 11 is 11.6. The molecule has 0 saturated heterocycles. The minimum atomic E-state index is 0.0886. The topological polar surface area (TPSA) is 37.8 Å². The Balaban J connectivity index is 2.11. The molecule has 17 heavy (non-hydrogen) atoms. The van der Waals surface area contributed by atoms with E-state index in [0.29, 0.717) is 11.1 Å². The van der Waals surface area contributed by atoms with Crippen molar-refractivity contribution in [3.63, 3.8) is 0 Å². The summed E-state index contributed by atoms with van der Waals surface area (Å²) in [7, 11) is 0. The maximum absolute atomic E-state index is 5.83. The molecule has 1 unspecified atom stereocenters. The molecular weight excluding hydrogens is 257 g/mol. The molecule has 1 N–H and O–H groups in total. The number of halogens is 2. The molecule has 88 valence electrons. The summed E-state index contributed by atoms with van der Waals surface area (Å²) < 4.78 is 0. The number of nitrogens with zero attached hydrogens (tertiary/aromatic N) is 2. The van der Waals surface area contributed by atoms with Crippen LogP contribution in [0.1, 0.15) is 18.5 Å². The summed E-state index contributed by atoms with van der Waals surface area (Å²) in [5, 5.41) is 4.31. The van der Waals surface area contributed by atoms with Gasteiger partial charge < -0.3 is 5.32 Å². The predicted octanol–water partition coefficient (Wildman–Crippen LogP) is 3.96. The Bertz CT molecular complexity index is 499.